The number of hydrogen-bond acceptors (Lipinski definition) is 4. The summed E-state index contributed by atoms with van der Waals surface area (Å²) in [6.07, 6.45) is 0. The summed E-state index contributed by atoms with van der Waals surface area (Å²) in [6.45, 7) is 1.62. The number of nitrogens with one attached hydrogen (secondary N) is 1. The molecule has 0 unspecified atom stereocenters. The Morgan fingerprint density at radius 2 is 1.76 bits per heavy atom. The summed E-state index contributed by atoms with van der Waals surface area (Å²) in [6, 6.07) is 16.9. The summed E-state index contributed by atoms with van der Waals surface area (Å²) < 4.78 is 10.4. The van der Waals surface area contributed by atoms with Gasteiger partial charge in [-0.15, -0.1) is 0 Å². The molecule has 0 saturated heterocycles. The maximum atomic E-state index is 12.3. The van der Waals surface area contributed by atoms with Gasteiger partial charge in [0.2, 0.25) is 0 Å². The van der Waals surface area contributed by atoms with Crippen LogP contribution in [0.3, 0.4) is 0 Å². The van der Waals surface area contributed by atoms with Gasteiger partial charge in [0.15, 0.2) is 5.11 Å². The summed E-state index contributed by atoms with van der Waals surface area (Å²) in [5.74, 6) is 0.450. The first-order valence-electron chi connectivity index (χ1n) is 7.92. The molecule has 0 aliphatic rings. The van der Waals surface area contributed by atoms with Gasteiger partial charge in [-0.3, -0.25) is 10.1 Å². The van der Waals surface area contributed by atoms with Gasteiger partial charge in [0.25, 0.3) is 5.91 Å². The number of rotatable bonds is 7. The number of ether oxygens (including phenoxy) is 2. The molecule has 0 spiro atoms. The molecule has 2 aromatic carbocycles. The van der Waals surface area contributed by atoms with E-state index in [0.717, 1.165) is 5.56 Å². The quantitative estimate of drug-likeness (QED) is 0.609. The Hall–Kier alpha value is -2.44. The van der Waals surface area contributed by atoms with Crippen LogP contribution in [0, 0.1) is 0 Å². The lowest BCUT2D eigenvalue weighted by molar-refractivity contribution is 0.0973. The van der Waals surface area contributed by atoms with Crippen LogP contribution in [0.5, 0.6) is 5.75 Å². The van der Waals surface area contributed by atoms with Crippen LogP contribution in [0.15, 0.2) is 54.6 Å². The highest BCUT2D eigenvalue weighted by atomic mass is 32.1. The second kappa shape index (κ2) is 9.76. The summed E-state index contributed by atoms with van der Waals surface area (Å²) in [7, 11) is 3.47. The molecule has 132 valence electrons. The van der Waals surface area contributed by atoms with Crippen LogP contribution in [0.2, 0.25) is 0 Å². The third-order valence-corrected chi connectivity index (χ3v) is 3.92. The average Bonchev–Trinajstić information content (AvgIpc) is 2.63. The number of thiocarbonyl (C=S) groups is 1. The molecule has 0 aliphatic carbocycles. The van der Waals surface area contributed by atoms with Crippen molar-refractivity contribution in [2.75, 3.05) is 27.4 Å². The predicted molar refractivity (Wildman–Crippen MR) is 102 cm³/mol. The molecule has 0 heterocycles. The summed E-state index contributed by atoms with van der Waals surface area (Å²) in [5, 5.41) is 3.13. The maximum Gasteiger partial charge on any atom is 0.257 e. The van der Waals surface area contributed by atoms with E-state index in [1.807, 2.05) is 42.3 Å². The lowest BCUT2D eigenvalue weighted by Gasteiger charge is -2.20. The van der Waals surface area contributed by atoms with Crippen LogP contribution in [0.25, 0.3) is 0 Å². The lowest BCUT2D eigenvalue weighted by Crippen LogP contribution is -2.40. The number of hydrogen-bond donors (Lipinski definition) is 1. The van der Waals surface area contributed by atoms with E-state index in [2.05, 4.69) is 5.32 Å². The fourth-order valence-electron chi connectivity index (χ4n) is 2.14. The molecular formula is C19H22N2O3S. The average molecular weight is 358 g/mol. The molecule has 25 heavy (non-hydrogen) atoms. The van der Waals surface area contributed by atoms with Crippen LogP contribution in [-0.2, 0) is 11.3 Å². The zero-order valence-electron chi connectivity index (χ0n) is 14.4. The fraction of sp³-hybridized carbons (Fsp3) is 0.263. The molecule has 1 N–H and O–H groups in total. The van der Waals surface area contributed by atoms with E-state index in [0.29, 0.717) is 36.2 Å². The van der Waals surface area contributed by atoms with E-state index < -0.39 is 0 Å². The standard InChI is InChI=1S/C19H22N2O3S/c1-21(14-15-6-4-3-5-7-15)19(25)20-18(22)16-8-10-17(11-9-16)24-13-12-23-2/h3-11H,12-14H2,1-2H3,(H,20,22,25). The van der Waals surface area contributed by atoms with Crippen molar-refractivity contribution in [1.82, 2.24) is 10.2 Å². The van der Waals surface area contributed by atoms with Gasteiger partial charge < -0.3 is 14.4 Å². The van der Waals surface area contributed by atoms with E-state index in [-0.39, 0.29) is 5.91 Å². The van der Waals surface area contributed by atoms with Crippen molar-refractivity contribution in [1.29, 1.82) is 0 Å². The Labute approximate surface area is 153 Å². The Bertz CT molecular complexity index is 690. The minimum absolute atomic E-state index is 0.242. The third kappa shape index (κ3) is 6.17. The minimum atomic E-state index is -0.242. The Kier molecular flexibility index (Phi) is 7.37. The molecule has 0 saturated carbocycles. The van der Waals surface area contributed by atoms with Crippen LogP contribution in [0.1, 0.15) is 15.9 Å². The fourth-order valence-corrected chi connectivity index (χ4v) is 2.30. The molecule has 5 nitrogen and oxygen atoms in total. The molecule has 0 atom stereocenters. The second-order valence-electron chi connectivity index (χ2n) is 5.47. The molecular weight excluding hydrogens is 336 g/mol. The van der Waals surface area contributed by atoms with E-state index in [9.17, 15) is 4.79 Å². The van der Waals surface area contributed by atoms with Gasteiger partial charge >= 0.3 is 0 Å². The van der Waals surface area contributed by atoms with Gasteiger partial charge in [-0.1, -0.05) is 30.3 Å². The van der Waals surface area contributed by atoms with Gasteiger partial charge in [-0.05, 0) is 42.0 Å². The largest absolute Gasteiger partial charge is 0.491 e. The summed E-state index contributed by atoms with van der Waals surface area (Å²) in [4.78, 5) is 14.1. The molecule has 0 fully saturated rings. The zero-order chi connectivity index (χ0) is 18.1. The van der Waals surface area contributed by atoms with Crippen molar-refractivity contribution in [3.8, 4) is 5.75 Å². The first-order valence-corrected chi connectivity index (χ1v) is 8.33. The normalized spacial score (nSPS) is 10.2. The molecule has 2 rings (SSSR count). The Morgan fingerprint density at radius 3 is 2.40 bits per heavy atom. The van der Waals surface area contributed by atoms with Crippen molar-refractivity contribution in [3.05, 3.63) is 65.7 Å². The topological polar surface area (TPSA) is 50.8 Å². The number of methoxy groups -OCH3 is 1. The number of nitrogens with zero attached hydrogens (tertiary/aromatic N) is 1. The Balaban J connectivity index is 1.86. The number of benzene rings is 2. The van der Waals surface area contributed by atoms with Gasteiger partial charge in [-0.2, -0.15) is 0 Å². The van der Waals surface area contributed by atoms with Crippen LogP contribution < -0.4 is 10.1 Å². The van der Waals surface area contributed by atoms with Gasteiger partial charge in [0.05, 0.1) is 6.61 Å². The first kappa shape index (κ1) is 18.9. The smallest absolute Gasteiger partial charge is 0.257 e. The SMILES string of the molecule is COCCOc1ccc(C(=O)NC(=S)N(C)Cc2ccccc2)cc1. The highest BCUT2D eigenvalue weighted by Crippen LogP contribution is 2.12. The predicted octanol–water partition coefficient (Wildman–Crippen LogP) is 2.86. The van der Waals surface area contributed by atoms with Crippen molar-refractivity contribution < 1.29 is 14.3 Å². The molecule has 0 radical (unpaired) electrons. The highest BCUT2D eigenvalue weighted by Gasteiger charge is 2.11. The van der Waals surface area contributed by atoms with Gasteiger partial charge in [-0.25, -0.2) is 0 Å². The number of amides is 1. The monoisotopic (exact) mass is 358 g/mol. The summed E-state index contributed by atoms with van der Waals surface area (Å²) >= 11 is 5.30. The highest BCUT2D eigenvalue weighted by molar-refractivity contribution is 7.80. The molecule has 6 heteroatoms. The van der Waals surface area contributed by atoms with Gasteiger partial charge in [0.1, 0.15) is 12.4 Å². The van der Waals surface area contributed by atoms with Gasteiger partial charge in [0, 0.05) is 26.3 Å². The second-order valence-corrected chi connectivity index (χ2v) is 5.85. The number of carbonyl (C=O) groups is 1. The Morgan fingerprint density at radius 1 is 1.08 bits per heavy atom. The zero-order valence-corrected chi connectivity index (χ0v) is 15.2. The van der Waals surface area contributed by atoms with E-state index in [4.69, 9.17) is 21.7 Å². The molecule has 0 aromatic heterocycles. The minimum Gasteiger partial charge on any atom is -0.491 e. The van der Waals surface area contributed by atoms with Crippen molar-refractivity contribution in [2.24, 2.45) is 0 Å². The number of carbonyl (C=O) groups excluding carboxylic acids is 1. The van der Waals surface area contributed by atoms with Crippen LogP contribution in [-0.4, -0.2) is 43.3 Å². The van der Waals surface area contributed by atoms with E-state index in [1.165, 1.54) is 0 Å². The summed E-state index contributed by atoms with van der Waals surface area (Å²) in [5.41, 5.74) is 1.65. The van der Waals surface area contributed by atoms with Crippen LogP contribution >= 0.6 is 12.2 Å². The van der Waals surface area contributed by atoms with Crippen LogP contribution in [0.4, 0.5) is 0 Å². The molecule has 2 aromatic rings. The molecule has 0 aliphatic heterocycles. The van der Waals surface area contributed by atoms with Crippen molar-refractivity contribution in [2.45, 2.75) is 6.54 Å². The first-order chi connectivity index (χ1) is 12.1. The lowest BCUT2D eigenvalue weighted by atomic mass is 10.2. The van der Waals surface area contributed by atoms with Crippen molar-refractivity contribution >= 4 is 23.2 Å². The molecule has 0 bridgehead atoms. The van der Waals surface area contributed by atoms with Crippen molar-refractivity contribution in [3.63, 3.8) is 0 Å². The maximum absolute atomic E-state index is 12.3. The third-order valence-electron chi connectivity index (χ3n) is 3.50. The molecule has 1 amide bonds. The van der Waals surface area contributed by atoms with E-state index in [1.54, 1.807) is 31.4 Å². The van der Waals surface area contributed by atoms with E-state index >= 15 is 0 Å².